The van der Waals surface area contributed by atoms with Gasteiger partial charge in [0.15, 0.2) is 0 Å². The van der Waals surface area contributed by atoms with Crippen molar-refractivity contribution in [3.05, 3.63) is 0 Å². The van der Waals surface area contributed by atoms with E-state index in [1.165, 1.54) is 0 Å². The van der Waals surface area contributed by atoms with Crippen LogP contribution in [0.2, 0.25) is 0 Å². The van der Waals surface area contributed by atoms with Gasteiger partial charge >= 0.3 is 0 Å². The molecule has 0 amide bonds. The summed E-state index contributed by atoms with van der Waals surface area (Å²) in [5, 5.41) is 12.8. The van der Waals surface area contributed by atoms with Crippen LogP contribution in [0, 0.1) is 5.41 Å². The van der Waals surface area contributed by atoms with E-state index in [0.717, 1.165) is 25.9 Å². The summed E-state index contributed by atoms with van der Waals surface area (Å²) in [6.45, 7) is 9.70. The summed E-state index contributed by atoms with van der Waals surface area (Å²) in [6, 6.07) is 0.726. The second-order valence-corrected chi connectivity index (χ2v) is 5.05. The average molecular weight is 229 g/mol. The van der Waals surface area contributed by atoms with Crippen LogP contribution < -0.4 is 5.32 Å². The van der Waals surface area contributed by atoms with Crippen LogP contribution in [0.4, 0.5) is 0 Å². The van der Waals surface area contributed by atoms with Crippen LogP contribution in [-0.2, 0) is 4.74 Å². The highest BCUT2D eigenvalue weighted by atomic mass is 16.5. The summed E-state index contributed by atoms with van der Waals surface area (Å²) in [4.78, 5) is 0. The van der Waals surface area contributed by atoms with Crippen molar-refractivity contribution < 1.29 is 9.84 Å². The summed E-state index contributed by atoms with van der Waals surface area (Å²) in [5.74, 6) is 0. The molecule has 1 aliphatic rings. The first-order valence-electron chi connectivity index (χ1n) is 6.60. The van der Waals surface area contributed by atoms with Gasteiger partial charge in [-0.05, 0) is 26.2 Å². The molecule has 3 heteroatoms. The van der Waals surface area contributed by atoms with Crippen molar-refractivity contribution >= 4 is 0 Å². The Bertz CT molecular complexity index is 206. The smallest absolute Gasteiger partial charge is 0.0658 e. The summed E-state index contributed by atoms with van der Waals surface area (Å²) < 4.78 is 5.76. The molecule has 0 aromatic heterocycles. The monoisotopic (exact) mass is 229 g/mol. The predicted molar refractivity (Wildman–Crippen MR) is 66.5 cm³/mol. The molecule has 1 aliphatic carbocycles. The van der Waals surface area contributed by atoms with Crippen LogP contribution in [-0.4, -0.2) is 36.5 Å². The van der Waals surface area contributed by atoms with Crippen molar-refractivity contribution in [2.24, 2.45) is 5.41 Å². The number of aliphatic hydroxyl groups excluding tert-OH is 1. The molecule has 4 atom stereocenters. The molecule has 0 heterocycles. The summed E-state index contributed by atoms with van der Waals surface area (Å²) in [5.41, 5.74) is 0.235. The normalized spacial score (nSPS) is 35.8. The lowest BCUT2D eigenvalue weighted by molar-refractivity contribution is -0.129. The molecule has 0 spiro atoms. The van der Waals surface area contributed by atoms with Gasteiger partial charge in [-0.1, -0.05) is 20.8 Å². The molecule has 1 fully saturated rings. The molecule has 0 aliphatic heterocycles. The van der Waals surface area contributed by atoms with E-state index in [0.29, 0.717) is 12.1 Å². The molecule has 1 rings (SSSR count). The van der Waals surface area contributed by atoms with E-state index >= 15 is 0 Å². The number of hydrogen-bond donors (Lipinski definition) is 2. The molecular weight excluding hydrogens is 202 g/mol. The molecule has 0 radical (unpaired) electrons. The zero-order valence-electron chi connectivity index (χ0n) is 11.1. The lowest BCUT2D eigenvalue weighted by Crippen LogP contribution is -2.64. The Morgan fingerprint density at radius 1 is 1.44 bits per heavy atom. The third-order valence-corrected chi connectivity index (χ3v) is 4.26. The van der Waals surface area contributed by atoms with Gasteiger partial charge in [-0.2, -0.15) is 0 Å². The minimum atomic E-state index is 0.228. The third kappa shape index (κ3) is 2.58. The predicted octanol–water partition coefficient (Wildman–Crippen LogP) is 1.94. The van der Waals surface area contributed by atoms with Crippen LogP contribution in [0.1, 0.15) is 47.0 Å². The second-order valence-electron chi connectivity index (χ2n) is 5.05. The zero-order valence-corrected chi connectivity index (χ0v) is 11.1. The highest BCUT2D eigenvalue weighted by Gasteiger charge is 2.51. The van der Waals surface area contributed by atoms with Gasteiger partial charge in [0, 0.05) is 24.1 Å². The second kappa shape index (κ2) is 5.99. The molecule has 1 saturated carbocycles. The van der Waals surface area contributed by atoms with E-state index in [4.69, 9.17) is 4.74 Å². The Labute approximate surface area is 99.6 Å². The van der Waals surface area contributed by atoms with Crippen molar-refractivity contribution in [3.8, 4) is 0 Å². The van der Waals surface area contributed by atoms with E-state index in [2.05, 4.69) is 33.0 Å². The van der Waals surface area contributed by atoms with Gasteiger partial charge in [0.25, 0.3) is 0 Å². The van der Waals surface area contributed by atoms with Crippen molar-refractivity contribution in [2.75, 3.05) is 13.2 Å². The molecule has 3 nitrogen and oxygen atoms in total. The SMILES string of the molecule is CCOC1CC(N[C@@H](CC)CO)C1(C)CC. The summed E-state index contributed by atoms with van der Waals surface area (Å²) >= 11 is 0. The van der Waals surface area contributed by atoms with Gasteiger partial charge in [0.1, 0.15) is 0 Å². The molecule has 0 aromatic carbocycles. The first-order valence-corrected chi connectivity index (χ1v) is 6.60. The van der Waals surface area contributed by atoms with Gasteiger partial charge < -0.3 is 15.2 Å². The van der Waals surface area contributed by atoms with E-state index in [1.54, 1.807) is 0 Å². The Hall–Kier alpha value is -0.120. The number of hydrogen-bond acceptors (Lipinski definition) is 3. The van der Waals surface area contributed by atoms with Gasteiger partial charge in [-0.15, -0.1) is 0 Å². The number of ether oxygens (including phenoxy) is 1. The zero-order chi connectivity index (χ0) is 12.2. The van der Waals surface area contributed by atoms with E-state index in [1.807, 2.05) is 0 Å². The first-order chi connectivity index (χ1) is 7.62. The molecule has 3 unspecified atom stereocenters. The first kappa shape index (κ1) is 13.9. The van der Waals surface area contributed by atoms with Crippen LogP contribution in [0.3, 0.4) is 0 Å². The Morgan fingerprint density at radius 3 is 2.56 bits per heavy atom. The third-order valence-electron chi connectivity index (χ3n) is 4.26. The maximum absolute atomic E-state index is 9.21. The minimum absolute atomic E-state index is 0.228. The van der Waals surface area contributed by atoms with Crippen molar-refractivity contribution in [1.82, 2.24) is 5.32 Å². The fraction of sp³-hybridized carbons (Fsp3) is 1.00. The molecule has 0 bridgehead atoms. The van der Waals surface area contributed by atoms with Crippen LogP contribution in [0.5, 0.6) is 0 Å². The topological polar surface area (TPSA) is 41.5 Å². The standard InChI is InChI=1S/C13H27NO2/c1-5-10(9-15)14-11-8-12(16-7-3)13(11,4)6-2/h10-12,14-15H,5-9H2,1-4H3/t10-,11?,12?,13?/m0/s1. The number of aliphatic hydroxyl groups is 1. The van der Waals surface area contributed by atoms with Crippen LogP contribution >= 0.6 is 0 Å². The van der Waals surface area contributed by atoms with E-state index in [9.17, 15) is 5.11 Å². The van der Waals surface area contributed by atoms with Crippen molar-refractivity contribution in [1.29, 1.82) is 0 Å². The molecular formula is C13H27NO2. The Balaban J connectivity index is 2.51. The van der Waals surface area contributed by atoms with Gasteiger partial charge in [-0.25, -0.2) is 0 Å². The van der Waals surface area contributed by atoms with Gasteiger partial charge in [-0.3, -0.25) is 0 Å². The Kier molecular flexibility index (Phi) is 5.22. The van der Waals surface area contributed by atoms with Crippen LogP contribution in [0.15, 0.2) is 0 Å². The van der Waals surface area contributed by atoms with Crippen LogP contribution in [0.25, 0.3) is 0 Å². The average Bonchev–Trinajstić information content (AvgIpc) is 2.32. The lowest BCUT2D eigenvalue weighted by Gasteiger charge is -2.54. The maximum Gasteiger partial charge on any atom is 0.0658 e. The van der Waals surface area contributed by atoms with E-state index in [-0.39, 0.29) is 18.1 Å². The summed E-state index contributed by atoms with van der Waals surface area (Å²) in [6.07, 6.45) is 3.56. The fourth-order valence-electron chi connectivity index (χ4n) is 2.59. The van der Waals surface area contributed by atoms with E-state index < -0.39 is 0 Å². The quantitative estimate of drug-likeness (QED) is 0.701. The van der Waals surface area contributed by atoms with Gasteiger partial charge in [0.05, 0.1) is 12.7 Å². The maximum atomic E-state index is 9.21. The Morgan fingerprint density at radius 2 is 2.12 bits per heavy atom. The fourth-order valence-corrected chi connectivity index (χ4v) is 2.59. The number of rotatable bonds is 7. The van der Waals surface area contributed by atoms with Gasteiger partial charge in [0.2, 0.25) is 0 Å². The largest absolute Gasteiger partial charge is 0.395 e. The molecule has 0 aromatic rings. The molecule has 96 valence electrons. The summed E-state index contributed by atoms with van der Waals surface area (Å²) in [7, 11) is 0. The number of nitrogens with one attached hydrogen (secondary N) is 1. The molecule has 2 N–H and O–H groups in total. The minimum Gasteiger partial charge on any atom is -0.395 e. The molecule has 0 saturated heterocycles. The lowest BCUT2D eigenvalue weighted by atomic mass is 9.61. The van der Waals surface area contributed by atoms with Crippen molar-refractivity contribution in [3.63, 3.8) is 0 Å². The molecule has 16 heavy (non-hydrogen) atoms. The van der Waals surface area contributed by atoms with Crippen molar-refractivity contribution in [2.45, 2.75) is 65.1 Å². The highest BCUT2D eigenvalue weighted by molar-refractivity contribution is 5.05. The highest BCUT2D eigenvalue weighted by Crippen LogP contribution is 2.46.